The van der Waals surface area contributed by atoms with Gasteiger partial charge in [0.2, 0.25) is 11.8 Å². The van der Waals surface area contributed by atoms with E-state index in [0.717, 1.165) is 30.7 Å². The summed E-state index contributed by atoms with van der Waals surface area (Å²) in [5.41, 5.74) is 1.04. The smallest absolute Gasteiger partial charge is 0.253 e. The molecular weight excluding hydrogens is 396 g/mol. The van der Waals surface area contributed by atoms with Gasteiger partial charge in [0, 0.05) is 38.3 Å². The Morgan fingerprint density at radius 2 is 1.97 bits per heavy atom. The number of amides is 1. The predicted octanol–water partition coefficient (Wildman–Crippen LogP) is 3.18. The van der Waals surface area contributed by atoms with Crippen molar-refractivity contribution in [1.82, 2.24) is 20.1 Å². The van der Waals surface area contributed by atoms with Crippen molar-refractivity contribution < 1.29 is 18.7 Å². The second kappa shape index (κ2) is 10.7. The van der Waals surface area contributed by atoms with E-state index in [9.17, 15) is 4.79 Å². The zero-order valence-corrected chi connectivity index (χ0v) is 17.4. The second-order valence-electron chi connectivity index (χ2n) is 7.47. The molecular formula is C23H26N4O4. The number of likely N-dealkylation sites (tertiary alicyclic amines) is 1. The summed E-state index contributed by atoms with van der Waals surface area (Å²) in [4.78, 5) is 18.6. The van der Waals surface area contributed by atoms with Gasteiger partial charge in [0.05, 0.1) is 12.7 Å². The molecule has 8 nitrogen and oxygen atoms in total. The highest BCUT2D eigenvalue weighted by molar-refractivity contribution is 5.76. The van der Waals surface area contributed by atoms with Crippen LogP contribution in [0.1, 0.15) is 36.6 Å². The standard InChI is InChI=1S/C23H26N4O4/c28-23(27-13-5-9-20(15-27)29-16-18-6-4-12-24-14-18)11-10-21-25-26-22(31-21)17-30-19-7-2-1-3-8-19/h1-4,6-8,12,14,20H,5,9-11,13,15-17H2. The molecule has 1 aromatic carbocycles. The average Bonchev–Trinajstić information content (AvgIpc) is 3.29. The van der Waals surface area contributed by atoms with Gasteiger partial charge < -0.3 is 18.8 Å². The molecule has 162 valence electrons. The maximum Gasteiger partial charge on any atom is 0.253 e. The van der Waals surface area contributed by atoms with Crippen molar-refractivity contribution in [3.05, 3.63) is 72.2 Å². The summed E-state index contributed by atoms with van der Waals surface area (Å²) in [5, 5.41) is 8.02. The van der Waals surface area contributed by atoms with E-state index in [2.05, 4.69) is 15.2 Å². The molecule has 0 N–H and O–H groups in total. The number of carbonyl (C=O) groups is 1. The van der Waals surface area contributed by atoms with Gasteiger partial charge in [0.1, 0.15) is 5.75 Å². The highest BCUT2D eigenvalue weighted by Gasteiger charge is 2.24. The van der Waals surface area contributed by atoms with Gasteiger partial charge in [0.15, 0.2) is 6.61 Å². The molecule has 3 heterocycles. The number of piperidine rings is 1. The number of hydrogen-bond donors (Lipinski definition) is 0. The number of carbonyl (C=O) groups excluding carboxylic acids is 1. The van der Waals surface area contributed by atoms with Crippen LogP contribution in [0.3, 0.4) is 0 Å². The van der Waals surface area contributed by atoms with Crippen molar-refractivity contribution in [2.75, 3.05) is 13.1 Å². The minimum Gasteiger partial charge on any atom is -0.484 e. The molecule has 0 spiro atoms. The number of benzene rings is 1. The third-order valence-electron chi connectivity index (χ3n) is 5.11. The van der Waals surface area contributed by atoms with E-state index in [4.69, 9.17) is 13.9 Å². The van der Waals surface area contributed by atoms with Crippen molar-refractivity contribution in [3.8, 4) is 5.75 Å². The topological polar surface area (TPSA) is 90.6 Å². The number of pyridine rings is 1. The van der Waals surface area contributed by atoms with Crippen LogP contribution in [0.15, 0.2) is 59.3 Å². The Balaban J connectivity index is 1.20. The van der Waals surface area contributed by atoms with E-state index in [1.54, 1.807) is 12.4 Å². The number of rotatable bonds is 9. The van der Waals surface area contributed by atoms with Crippen molar-refractivity contribution >= 4 is 5.91 Å². The third-order valence-corrected chi connectivity index (χ3v) is 5.11. The second-order valence-corrected chi connectivity index (χ2v) is 7.47. The fourth-order valence-electron chi connectivity index (χ4n) is 3.48. The number of para-hydroxylation sites is 1. The molecule has 1 aliphatic rings. The van der Waals surface area contributed by atoms with Crippen LogP contribution in [0.2, 0.25) is 0 Å². The van der Waals surface area contributed by atoms with Gasteiger partial charge in [-0.3, -0.25) is 9.78 Å². The van der Waals surface area contributed by atoms with E-state index >= 15 is 0 Å². The Kier molecular flexibility index (Phi) is 7.23. The van der Waals surface area contributed by atoms with Crippen LogP contribution in [0.25, 0.3) is 0 Å². The monoisotopic (exact) mass is 422 g/mol. The molecule has 1 amide bonds. The summed E-state index contributed by atoms with van der Waals surface area (Å²) < 4.78 is 17.2. The molecule has 4 rings (SSSR count). The summed E-state index contributed by atoms with van der Waals surface area (Å²) in [6.45, 7) is 2.08. The van der Waals surface area contributed by atoms with Crippen molar-refractivity contribution in [2.24, 2.45) is 0 Å². The number of nitrogens with zero attached hydrogens (tertiary/aromatic N) is 4. The van der Waals surface area contributed by atoms with Gasteiger partial charge in [-0.05, 0) is 36.6 Å². The Labute approximate surface area is 181 Å². The molecule has 0 radical (unpaired) electrons. The van der Waals surface area contributed by atoms with Gasteiger partial charge >= 0.3 is 0 Å². The Hall–Kier alpha value is -3.26. The van der Waals surface area contributed by atoms with Gasteiger partial charge in [-0.1, -0.05) is 24.3 Å². The average molecular weight is 422 g/mol. The Morgan fingerprint density at radius 3 is 2.81 bits per heavy atom. The summed E-state index contributed by atoms with van der Waals surface area (Å²) in [6.07, 6.45) is 6.22. The summed E-state index contributed by atoms with van der Waals surface area (Å²) in [7, 11) is 0. The Bertz CT molecular complexity index is 948. The van der Waals surface area contributed by atoms with Gasteiger partial charge in [-0.25, -0.2) is 0 Å². The molecule has 2 aromatic heterocycles. The number of hydrogen-bond acceptors (Lipinski definition) is 7. The molecule has 1 unspecified atom stereocenters. The maximum atomic E-state index is 12.7. The van der Waals surface area contributed by atoms with Crippen LogP contribution < -0.4 is 4.74 Å². The van der Waals surface area contributed by atoms with Crippen LogP contribution in [-0.4, -0.2) is 45.2 Å². The fourth-order valence-corrected chi connectivity index (χ4v) is 3.48. The van der Waals surface area contributed by atoms with Gasteiger partial charge in [0.25, 0.3) is 5.89 Å². The van der Waals surface area contributed by atoms with Crippen LogP contribution in [0.5, 0.6) is 5.75 Å². The van der Waals surface area contributed by atoms with Crippen molar-refractivity contribution in [1.29, 1.82) is 0 Å². The first-order valence-corrected chi connectivity index (χ1v) is 10.5. The number of aryl methyl sites for hydroxylation is 1. The lowest BCUT2D eigenvalue weighted by molar-refractivity contribution is -0.135. The zero-order chi connectivity index (χ0) is 21.3. The zero-order valence-electron chi connectivity index (χ0n) is 17.4. The first-order chi connectivity index (χ1) is 15.3. The molecule has 3 aromatic rings. The maximum absolute atomic E-state index is 12.7. The van der Waals surface area contributed by atoms with Crippen LogP contribution >= 0.6 is 0 Å². The summed E-state index contributed by atoms with van der Waals surface area (Å²) >= 11 is 0. The van der Waals surface area contributed by atoms with Gasteiger partial charge in [-0.2, -0.15) is 0 Å². The van der Waals surface area contributed by atoms with E-state index in [0.29, 0.717) is 37.8 Å². The molecule has 0 saturated carbocycles. The van der Waals surface area contributed by atoms with Crippen LogP contribution in [0, 0.1) is 0 Å². The normalized spacial score (nSPS) is 16.3. The highest BCUT2D eigenvalue weighted by atomic mass is 16.5. The number of ether oxygens (including phenoxy) is 2. The molecule has 0 bridgehead atoms. The fraction of sp³-hybridized carbons (Fsp3) is 0.391. The SMILES string of the molecule is O=C(CCc1nnc(COc2ccccc2)o1)N1CCCC(OCc2cccnc2)C1. The van der Waals surface area contributed by atoms with Crippen molar-refractivity contribution in [3.63, 3.8) is 0 Å². The molecule has 8 heteroatoms. The lowest BCUT2D eigenvalue weighted by atomic mass is 10.1. The largest absolute Gasteiger partial charge is 0.484 e. The molecule has 0 aliphatic carbocycles. The molecule has 1 fully saturated rings. The summed E-state index contributed by atoms with van der Waals surface area (Å²) in [5.74, 6) is 1.66. The van der Waals surface area contributed by atoms with E-state index in [1.165, 1.54) is 0 Å². The molecule has 1 saturated heterocycles. The van der Waals surface area contributed by atoms with Crippen molar-refractivity contribution in [2.45, 2.75) is 45.0 Å². The van der Waals surface area contributed by atoms with E-state index < -0.39 is 0 Å². The molecule has 31 heavy (non-hydrogen) atoms. The lowest BCUT2D eigenvalue weighted by Crippen LogP contribution is -2.43. The molecule has 1 atom stereocenters. The van der Waals surface area contributed by atoms with Crippen LogP contribution in [-0.2, 0) is 29.2 Å². The van der Waals surface area contributed by atoms with E-state index in [-0.39, 0.29) is 18.6 Å². The minimum atomic E-state index is 0.0445. The van der Waals surface area contributed by atoms with Gasteiger partial charge in [-0.15, -0.1) is 10.2 Å². The summed E-state index contributed by atoms with van der Waals surface area (Å²) in [6, 6.07) is 13.3. The first kappa shape index (κ1) is 21.0. The Morgan fingerprint density at radius 1 is 1.10 bits per heavy atom. The number of aromatic nitrogens is 3. The minimum absolute atomic E-state index is 0.0445. The third kappa shape index (κ3) is 6.36. The first-order valence-electron chi connectivity index (χ1n) is 10.5. The quantitative estimate of drug-likeness (QED) is 0.523. The molecule has 1 aliphatic heterocycles. The highest BCUT2D eigenvalue weighted by Crippen LogP contribution is 2.17. The predicted molar refractivity (Wildman–Crippen MR) is 112 cm³/mol. The lowest BCUT2D eigenvalue weighted by Gasteiger charge is -2.32. The van der Waals surface area contributed by atoms with Crippen LogP contribution in [0.4, 0.5) is 0 Å². The van der Waals surface area contributed by atoms with E-state index in [1.807, 2.05) is 47.4 Å².